The first-order valence-corrected chi connectivity index (χ1v) is 12.4. The van der Waals surface area contributed by atoms with Gasteiger partial charge in [0, 0.05) is 56.9 Å². The van der Waals surface area contributed by atoms with E-state index >= 15 is 0 Å². The number of aromatic nitrogens is 6. The predicted octanol–water partition coefficient (Wildman–Crippen LogP) is 3.29. The Balaban J connectivity index is 1.38. The second-order valence-electron chi connectivity index (χ2n) is 9.51. The largest absolute Gasteiger partial charge is 0.369 e. The Morgan fingerprint density at radius 1 is 1.03 bits per heavy atom. The molecule has 0 spiro atoms. The number of anilines is 3. The molecule has 0 amide bonds. The number of fused-ring (bicyclic) bond motifs is 2. The highest BCUT2D eigenvalue weighted by Gasteiger charge is 2.19. The first-order valence-electron chi connectivity index (χ1n) is 12.4. The fraction of sp³-hybridized carbons (Fsp3) is 0.259. The average molecular weight is 514 g/mol. The smallest absolute Gasteiger partial charge is 0.278 e. The SMILES string of the molecule is C=CCn1c(=O)c2cnc(Nc3ccc(N4CCN(C)CC4)cc3)nc2n1-c1cc(F)c2cnn(C)c2c1. The van der Waals surface area contributed by atoms with E-state index in [1.54, 1.807) is 28.6 Å². The fourth-order valence-corrected chi connectivity index (χ4v) is 4.90. The van der Waals surface area contributed by atoms with Crippen molar-refractivity contribution in [3.05, 3.63) is 77.6 Å². The maximum atomic E-state index is 15.0. The molecule has 6 rings (SSSR count). The van der Waals surface area contributed by atoms with Crippen LogP contribution in [0.5, 0.6) is 0 Å². The molecule has 0 saturated carbocycles. The van der Waals surface area contributed by atoms with Gasteiger partial charge in [-0.3, -0.25) is 9.48 Å². The molecule has 38 heavy (non-hydrogen) atoms. The molecule has 1 saturated heterocycles. The Bertz CT molecular complexity index is 1710. The van der Waals surface area contributed by atoms with Gasteiger partial charge in [0.05, 0.1) is 29.3 Å². The molecule has 0 unspecified atom stereocenters. The van der Waals surface area contributed by atoms with Crippen molar-refractivity contribution in [2.24, 2.45) is 7.05 Å². The van der Waals surface area contributed by atoms with Gasteiger partial charge >= 0.3 is 0 Å². The number of rotatable bonds is 6. The summed E-state index contributed by atoms with van der Waals surface area (Å²) in [7, 11) is 3.88. The van der Waals surface area contributed by atoms with Gasteiger partial charge in [0.15, 0.2) is 5.65 Å². The van der Waals surface area contributed by atoms with Crippen molar-refractivity contribution < 1.29 is 4.39 Å². The lowest BCUT2D eigenvalue weighted by atomic mass is 10.2. The number of likely N-dealkylation sites (N-methyl/N-ethyl adjacent to an activating group) is 1. The highest BCUT2D eigenvalue weighted by Crippen LogP contribution is 2.25. The van der Waals surface area contributed by atoms with E-state index in [4.69, 9.17) is 0 Å². The summed E-state index contributed by atoms with van der Waals surface area (Å²) in [5.41, 5.74) is 3.13. The first kappa shape index (κ1) is 23.9. The van der Waals surface area contributed by atoms with Crippen molar-refractivity contribution >= 4 is 39.3 Å². The number of hydrogen-bond donors (Lipinski definition) is 1. The molecule has 2 aromatic carbocycles. The third-order valence-corrected chi connectivity index (χ3v) is 7.02. The van der Waals surface area contributed by atoms with Crippen molar-refractivity contribution in [3.8, 4) is 5.69 Å². The van der Waals surface area contributed by atoms with Crippen LogP contribution in [0.1, 0.15) is 0 Å². The molecule has 3 aromatic heterocycles. The summed E-state index contributed by atoms with van der Waals surface area (Å²) in [6.45, 7) is 8.06. The lowest BCUT2D eigenvalue weighted by molar-refractivity contribution is 0.313. The minimum absolute atomic E-state index is 0.219. The van der Waals surface area contributed by atoms with Gasteiger partial charge in [0.25, 0.3) is 5.56 Å². The van der Waals surface area contributed by atoms with Crippen LogP contribution in [0, 0.1) is 5.82 Å². The molecule has 1 N–H and O–H groups in total. The Morgan fingerprint density at radius 3 is 2.53 bits per heavy atom. The number of allylic oxidation sites excluding steroid dienone is 1. The van der Waals surface area contributed by atoms with Crippen LogP contribution in [0.2, 0.25) is 0 Å². The third kappa shape index (κ3) is 4.10. The van der Waals surface area contributed by atoms with Gasteiger partial charge in [-0.2, -0.15) is 10.1 Å². The van der Waals surface area contributed by atoms with Gasteiger partial charge < -0.3 is 15.1 Å². The molecule has 0 radical (unpaired) electrons. The van der Waals surface area contributed by atoms with Crippen LogP contribution >= 0.6 is 0 Å². The van der Waals surface area contributed by atoms with E-state index in [9.17, 15) is 9.18 Å². The van der Waals surface area contributed by atoms with E-state index in [-0.39, 0.29) is 12.1 Å². The number of halogens is 1. The minimum Gasteiger partial charge on any atom is -0.369 e. The quantitative estimate of drug-likeness (QED) is 0.349. The predicted molar refractivity (Wildman–Crippen MR) is 147 cm³/mol. The van der Waals surface area contributed by atoms with Gasteiger partial charge in [-0.1, -0.05) is 6.08 Å². The molecule has 0 aliphatic carbocycles. The van der Waals surface area contributed by atoms with Crippen molar-refractivity contribution in [3.63, 3.8) is 0 Å². The number of nitrogens with one attached hydrogen (secondary N) is 1. The van der Waals surface area contributed by atoms with Crippen LogP contribution in [-0.2, 0) is 13.6 Å². The molecule has 194 valence electrons. The van der Waals surface area contributed by atoms with E-state index in [0.717, 1.165) is 31.9 Å². The fourth-order valence-electron chi connectivity index (χ4n) is 4.90. The molecule has 4 heterocycles. The lowest BCUT2D eigenvalue weighted by Gasteiger charge is -2.34. The van der Waals surface area contributed by atoms with Crippen molar-refractivity contribution in [2.45, 2.75) is 6.54 Å². The highest BCUT2D eigenvalue weighted by atomic mass is 19.1. The van der Waals surface area contributed by atoms with E-state index in [1.165, 1.54) is 28.8 Å². The van der Waals surface area contributed by atoms with Gasteiger partial charge in [0.2, 0.25) is 5.95 Å². The number of nitrogens with zero attached hydrogens (tertiary/aromatic N) is 8. The molecule has 11 heteroatoms. The zero-order valence-corrected chi connectivity index (χ0v) is 21.3. The number of hydrogen-bond acceptors (Lipinski definition) is 7. The Kier molecular flexibility index (Phi) is 5.91. The molecule has 1 fully saturated rings. The van der Waals surface area contributed by atoms with E-state index in [0.29, 0.717) is 33.6 Å². The Hall–Kier alpha value is -4.51. The first-order chi connectivity index (χ1) is 18.4. The van der Waals surface area contributed by atoms with E-state index in [1.807, 2.05) is 12.1 Å². The van der Waals surface area contributed by atoms with Crippen LogP contribution in [-0.4, -0.2) is 67.2 Å². The van der Waals surface area contributed by atoms with E-state index in [2.05, 4.69) is 55.9 Å². The van der Waals surface area contributed by atoms with Crippen molar-refractivity contribution in [1.29, 1.82) is 0 Å². The molecular weight excluding hydrogens is 485 g/mol. The minimum atomic E-state index is -0.433. The van der Waals surface area contributed by atoms with Crippen LogP contribution in [0.15, 0.2) is 66.2 Å². The number of piperazine rings is 1. The van der Waals surface area contributed by atoms with Gasteiger partial charge in [-0.15, -0.1) is 6.58 Å². The molecule has 1 aliphatic heterocycles. The van der Waals surface area contributed by atoms with Gasteiger partial charge in [-0.05, 0) is 37.4 Å². The Morgan fingerprint density at radius 2 is 1.79 bits per heavy atom. The number of aryl methyl sites for hydroxylation is 1. The average Bonchev–Trinajstić information content (AvgIpc) is 3.42. The summed E-state index contributed by atoms with van der Waals surface area (Å²) >= 11 is 0. The number of benzene rings is 2. The zero-order chi connectivity index (χ0) is 26.4. The summed E-state index contributed by atoms with van der Waals surface area (Å²) in [5, 5.41) is 8.13. The molecule has 5 aromatic rings. The Labute approximate surface area is 218 Å². The molecule has 0 bridgehead atoms. The third-order valence-electron chi connectivity index (χ3n) is 7.02. The highest BCUT2D eigenvalue weighted by molar-refractivity contribution is 5.83. The second-order valence-corrected chi connectivity index (χ2v) is 9.51. The van der Waals surface area contributed by atoms with Crippen LogP contribution in [0.4, 0.5) is 21.7 Å². The lowest BCUT2D eigenvalue weighted by Crippen LogP contribution is -2.44. The topological polar surface area (TPSA) is 89.0 Å². The summed E-state index contributed by atoms with van der Waals surface area (Å²) in [4.78, 5) is 27.0. The second kappa shape index (κ2) is 9.42. The monoisotopic (exact) mass is 513 g/mol. The maximum Gasteiger partial charge on any atom is 0.278 e. The van der Waals surface area contributed by atoms with Gasteiger partial charge in [-0.25, -0.2) is 18.7 Å². The van der Waals surface area contributed by atoms with Gasteiger partial charge in [0.1, 0.15) is 11.2 Å². The summed E-state index contributed by atoms with van der Waals surface area (Å²) in [6.07, 6.45) is 4.60. The molecule has 1 aliphatic rings. The normalized spacial score (nSPS) is 14.4. The van der Waals surface area contributed by atoms with Crippen LogP contribution in [0.25, 0.3) is 27.6 Å². The summed E-state index contributed by atoms with van der Waals surface area (Å²) in [5.74, 6) is -0.102. The van der Waals surface area contributed by atoms with Crippen LogP contribution in [0.3, 0.4) is 0 Å². The maximum absolute atomic E-state index is 15.0. The molecule has 10 nitrogen and oxygen atoms in total. The standard InChI is InChI=1S/C27H28FN9O/c1-4-9-36-26(38)22-16-29-27(31-18-5-7-19(8-6-18)35-12-10-33(2)11-13-35)32-25(22)37(36)20-14-23(28)21-17-30-34(3)24(21)15-20/h4-8,14-17H,1,9-13H2,2-3H3,(H,29,31,32). The van der Waals surface area contributed by atoms with E-state index < -0.39 is 5.82 Å². The van der Waals surface area contributed by atoms with Crippen molar-refractivity contribution in [2.75, 3.05) is 43.4 Å². The molecule has 0 atom stereocenters. The zero-order valence-electron chi connectivity index (χ0n) is 21.3. The summed E-state index contributed by atoms with van der Waals surface area (Å²) < 4.78 is 19.7. The summed E-state index contributed by atoms with van der Waals surface area (Å²) in [6, 6.07) is 11.3. The van der Waals surface area contributed by atoms with Crippen LogP contribution < -0.4 is 15.8 Å². The van der Waals surface area contributed by atoms with Crippen molar-refractivity contribution in [1.82, 2.24) is 34.0 Å². The molecular formula is C27H28FN9O.